The number of aromatic nitrogens is 3. The van der Waals surface area contributed by atoms with Crippen LogP contribution in [0.1, 0.15) is 12.0 Å². The Bertz CT molecular complexity index is 437. The lowest BCUT2D eigenvalue weighted by Gasteiger charge is -2.05. The number of rotatable bonds is 4. The molecule has 76 valence electrons. The summed E-state index contributed by atoms with van der Waals surface area (Å²) in [5, 5.41) is 8.14. The first-order valence-electron chi connectivity index (χ1n) is 4.80. The number of benzene rings is 1. The largest absolute Gasteiger partial charge is 0.303 e. The molecule has 0 amide bonds. The van der Waals surface area contributed by atoms with E-state index in [0.717, 1.165) is 24.0 Å². The molecule has 4 nitrogen and oxygen atoms in total. The van der Waals surface area contributed by atoms with Crippen molar-refractivity contribution < 1.29 is 4.79 Å². The number of para-hydroxylation sites is 1. The standard InChI is InChI=1S/C11H11N3O/c15-9-3-5-10-4-1-2-6-11(10)14-12-7-8-13-14/h1-2,4,6-9H,3,5H2. The van der Waals surface area contributed by atoms with Gasteiger partial charge in [-0.25, -0.2) is 0 Å². The summed E-state index contributed by atoms with van der Waals surface area (Å²) in [6.07, 6.45) is 5.44. The minimum atomic E-state index is 0.526. The molecule has 0 radical (unpaired) electrons. The molecule has 0 bridgehead atoms. The second-order valence-electron chi connectivity index (χ2n) is 3.15. The second-order valence-corrected chi connectivity index (χ2v) is 3.15. The number of hydrogen-bond donors (Lipinski definition) is 0. The Morgan fingerprint density at radius 1 is 1.20 bits per heavy atom. The quantitative estimate of drug-likeness (QED) is 0.702. The summed E-state index contributed by atoms with van der Waals surface area (Å²) in [6, 6.07) is 7.82. The maximum Gasteiger partial charge on any atom is 0.120 e. The van der Waals surface area contributed by atoms with Crippen LogP contribution in [-0.2, 0) is 11.2 Å². The van der Waals surface area contributed by atoms with E-state index in [1.807, 2.05) is 24.3 Å². The van der Waals surface area contributed by atoms with Gasteiger partial charge < -0.3 is 4.79 Å². The molecule has 0 atom stereocenters. The van der Waals surface area contributed by atoms with Gasteiger partial charge in [0.1, 0.15) is 6.29 Å². The average molecular weight is 201 g/mol. The molecule has 0 aliphatic rings. The number of aldehydes is 1. The zero-order chi connectivity index (χ0) is 10.5. The highest BCUT2D eigenvalue weighted by molar-refractivity contribution is 5.51. The Morgan fingerprint density at radius 2 is 1.93 bits per heavy atom. The first-order chi connectivity index (χ1) is 7.42. The lowest BCUT2D eigenvalue weighted by molar-refractivity contribution is -0.107. The minimum Gasteiger partial charge on any atom is -0.303 e. The van der Waals surface area contributed by atoms with E-state index >= 15 is 0 Å². The molecule has 4 heteroatoms. The summed E-state index contributed by atoms with van der Waals surface area (Å²) in [5.74, 6) is 0. The smallest absolute Gasteiger partial charge is 0.120 e. The molecule has 1 aromatic heterocycles. The highest BCUT2D eigenvalue weighted by Gasteiger charge is 2.04. The molecule has 0 fully saturated rings. The van der Waals surface area contributed by atoms with Gasteiger partial charge >= 0.3 is 0 Å². The van der Waals surface area contributed by atoms with Crippen molar-refractivity contribution in [2.24, 2.45) is 0 Å². The predicted octanol–water partition coefficient (Wildman–Crippen LogP) is 1.40. The van der Waals surface area contributed by atoms with Crippen LogP contribution in [-0.4, -0.2) is 21.3 Å². The predicted molar refractivity (Wildman–Crippen MR) is 55.7 cm³/mol. The Balaban J connectivity index is 2.34. The van der Waals surface area contributed by atoms with E-state index < -0.39 is 0 Å². The lowest BCUT2D eigenvalue weighted by Crippen LogP contribution is -2.03. The van der Waals surface area contributed by atoms with Gasteiger partial charge in [0, 0.05) is 6.42 Å². The summed E-state index contributed by atoms with van der Waals surface area (Å²) in [4.78, 5) is 11.9. The normalized spacial score (nSPS) is 10.1. The van der Waals surface area contributed by atoms with Crippen LogP contribution in [0, 0.1) is 0 Å². The van der Waals surface area contributed by atoms with Crippen molar-refractivity contribution in [2.75, 3.05) is 0 Å². The van der Waals surface area contributed by atoms with E-state index in [1.165, 1.54) is 0 Å². The van der Waals surface area contributed by atoms with E-state index in [4.69, 9.17) is 0 Å². The Labute approximate surface area is 87.5 Å². The molecule has 15 heavy (non-hydrogen) atoms. The zero-order valence-electron chi connectivity index (χ0n) is 8.21. The lowest BCUT2D eigenvalue weighted by atomic mass is 10.1. The molecule has 1 heterocycles. The van der Waals surface area contributed by atoms with Crippen molar-refractivity contribution in [1.82, 2.24) is 15.0 Å². The molecule has 0 unspecified atom stereocenters. The first kappa shape index (κ1) is 9.58. The molecule has 2 rings (SSSR count). The van der Waals surface area contributed by atoms with Gasteiger partial charge in [-0.15, -0.1) is 0 Å². The fourth-order valence-corrected chi connectivity index (χ4v) is 1.47. The van der Waals surface area contributed by atoms with Crippen molar-refractivity contribution in [3.05, 3.63) is 42.2 Å². The van der Waals surface area contributed by atoms with Crippen molar-refractivity contribution in [1.29, 1.82) is 0 Å². The van der Waals surface area contributed by atoms with Gasteiger partial charge in [0.15, 0.2) is 0 Å². The van der Waals surface area contributed by atoms with Crippen LogP contribution < -0.4 is 0 Å². The Morgan fingerprint density at radius 3 is 2.67 bits per heavy atom. The molecule has 1 aromatic carbocycles. The molecule has 0 saturated carbocycles. The Kier molecular flexibility index (Phi) is 2.88. The van der Waals surface area contributed by atoms with Crippen molar-refractivity contribution in [2.45, 2.75) is 12.8 Å². The molecule has 0 aliphatic carbocycles. The molecule has 0 aliphatic heterocycles. The van der Waals surface area contributed by atoms with Gasteiger partial charge in [-0.05, 0) is 18.1 Å². The fraction of sp³-hybridized carbons (Fsp3) is 0.182. The molecular weight excluding hydrogens is 190 g/mol. The zero-order valence-corrected chi connectivity index (χ0v) is 8.21. The van der Waals surface area contributed by atoms with E-state index in [-0.39, 0.29) is 0 Å². The van der Waals surface area contributed by atoms with Crippen molar-refractivity contribution >= 4 is 6.29 Å². The number of carbonyl (C=O) groups excluding carboxylic acids is 1. The van der Waals surface area contributed by atoms with Crippen molar-refractivity contribution in [3.63, 3.8) is 0 Å². The highest BCUT2D eigenvalue weighted by atomic mass is 16.1. The topological polar surface area (TPSA) is 47.8 Å². The van der Waals surface area contributed by atoms with Gasteiger partial charge in [-0.3, -0.25) is 0 Å². The number of nitrogens with zero attached hydrogens (tertiary/aromatic N) is 3. The van der Waals surface area contributed by atoms with Crippen LogP contribution in [0.5, 0.6) is 0 Å². The molecular formula is C11H11N3O. The molecule has 2 aromatic rings. The maximum atomic E-state index is 10.3. The second kappa shape index (κ2) is 4.50. The van der Waals surface area contributed by atoms with Crippen LogP contribution >= 0.6 is 0 Å². The van der Waals surface area contributed by atoms with Gasteiger partial charge in [0.05, 0.1) is 18.1 Å². The third-order valence-electron chi connectivity index (χ3n) is 2.16. The van der Waals surface area contributed by atoms with Gasteiger partial charge in [0.2, 0.25) is 0 Å². The van der Waals surface area contributed by atoms with Crippen LogP contribution in [0.4, 0.5) is 0 Å². The number of carbonyl (C=O) groups is 1. The van der Waals surface area contributed by atoms with E-state index in [1.54, 1.807) is 17.2 Å². The van der Waals surface area contributed by atoms with Crippen molar-refractivity contribution in [3.8, 4) is 5.69 Å². The molecule has 0 saturated heterocycles. The summed E-state index contributed by atoms with van der Waals surface area (Å²) < 4.78 is 0. The monoisotopic (exact) mass is 201 g/mol. The minimum absolute atomic E-state index is 0.526. The number of hydrogen-bond acceptors (Lipinski definition) is 3. The van der Waals surface area contributed by atoms with Crippen LogP contribution in [0.2, 0.25) is 0 Å². The van der Waals surface area contributed by atoms with Gasteiger partial charge in [0.25, 0.3) is 0 Å². The van der Waals surface area contributed by atoms with Gasteiger partial charge in [-0.1, -0.05) is 18.2 Å². The van der Waals surface area contributed by atoms with E-state index in [2.05, 4.69) is 10.2 Å². The Hall–Kier alpha value is -1.97. The average Bonchev–Trinajstić information content (AvgIpc) is 2.80. The molecule has 0 spiro atoms. The van der Waals surface area contributed by atoms with E-state index in [0.29, 0.717) is 6.42 Å². The SMILES string of the molecule is O=CCCc1ccccc1-n1nccn1. The van der Waals surface area contributed by atoms with Crippen LogP contribution in [0.25, 0.3) is 5.69 Å². The molecule has 0 N–H and O–H groups in total. The highest BCUT2D eigenvalue weighted by Crippen LogP contribution is 2.13. The summed E-state index contributed by atoms with van der Waals surface area (Å²) >= 11 is 0. The van der Waals surface area contributed by atoms with Crippen LogP contribution in [0.3, 0.4) is 0 Å². The summed E-state index contributed by atoms with van der Waals surface area (Å²) in [7, 11) is 0. The first-order valence-corrected chi connectivity index (χ1v) is 4.80. The third kappa shape index (κ3) is 2.10. The number of aryl methyl sites for hydroxylation is 1. The summed E-state index contributed by atoms with van der Waals surface area (Å²) in [5.41, 5.74) is 2.02. The van der Waals surface area contributed by atoms with Crippen LogP contribution in [0.15, 0.2) is 36.7 Å². The maximum absolute atomic E-state index is 10.3. The van der Waals surface area contributed by atoms with Gasteiger partial charge in [-0.2, -0.15) is 15.0 Å². The van der Waals surface area contributed by atoms with E-state index in [9.17, 15) is 4.79 Å². The third-order valence-corrected chi connectivity index (χ3v) is 2.16. The summed E-state index contributed by atoms with van der Waals surface area (Å²) in [6.45, 7) is 0. The fourth-order valence-electron chi connectivity index (χ4n) is 1.47.